The molecule has 0 radical (unpaired) electrons. The van der Waals surface area contributed by atoms with E-state index in [1.54, 1.807) is 0 Å². The number of hydrogen-bond acceptors (Lipinski definition) is 8. The summed E-state index contributed by atoms with van der Waals surface area (Å²) in [7, 11) is 0. The molecule has 166 valence electrons. The quantitative estimate of drug-likeness (QED) is 0.783. The summed E-state index contributed by atoms with van der Waals surface area (Å²) in [6, 6.07) is 2.27. The van der Waals surface area contributed by atoms with Gasteiger partial charge in [0.05, 0.1) is 31.1 Å². The SMILES string of the molecule is C1=C2N=C(n3ccc(C4CCOCC4)n3)C=C(N3CCOCC3)N2NC1C1CCCO1. The molecule has 1 aromatic heterocycles. The average Bonchev–Trinajstić information content (AvgIpc) is 3.60. The van der Waals surface area contributed by atoms with Crippen LogP contribution in [0.25, 0.3) is 0 Å². The Morgan fingerprint density at radius 2 is 1.84 bits per heavy atom. The fourth-order valence-corrected chi connectivity index (χ4v) is 4.98. The van der Waals surface area contributed by atoms with Gasteiger partial charge in [-0.05, 0) is 37.8 Å². The van der Waals surface area contributed by atoms with Crippen molar-refractivity contribution in [1.82, 2.24) is 25.1 Å². The molecule has 9 heteroatoms. The van der Waals surface area contributed by atoms with Crippen LogP contribution in [-0.4, -0.2) is 83.8 Å². The molecule has 5 aliphatic heterocycles. The van der Waals surface area contributed by atoms with Crippen molar-refractivity contribution in [2.24, 2.45) is 4.99 Å². The van der Waals surface area contributed by atoms with Gasteiger partial charge < -0.3 is 19.1 Å². The highest BCUT2D eigenvalue weighted by Gasteiger charge is 2.37. The minimum Gasteiger partial charge on any atom is -0.381 e. The van der Waals surface area contributed by atoms with E-state index in [1.165, 1.54) is 0 Å². The summed E-state index contributed by atoms with van der Waals surface area (Å²) in [5.74, 6) is 3.33. The molecule has 0 amide bonds. The summed E-state index contributed by atoms with van der Waals surface area (Å²) in [5, 5.41) is 7.01. The number of nitrogens with one attached hydrogen (secondary N) is 1. The number of allylic oxidation sites excluding steroid dienone is 1. The number of hydrogen-bond donors (Lipinski definition) is 1. The molecular formula is C22H30N6O3. The molecule has 3 fully saturated rings. The molecule has 31 heavy (non-hydrogen) atoms. The Labute approximate surface area is 182 Å². The second-order valence-corrected chi connectivity index (χ2v) is 8.71. The average molecular weight is 427 g/mol. The maximum atomic E-state index is 5.94. The van der Waals surface area contributed by atoms with Crippen molar-refractivity contribution in [3.8, 4) is 0 Å². The normalized spacial score (nSPS) is 29.6. The van der Waals surface area contributed by atoms with E-state index in [2.05, 4.69) is 33.6 Å². The van der Waals surface area contributed by atoms with E-state index >= 15 is 0 Å². The lowest BCUT2D eigenvalue weighted by Gasteiger charge is -2.38. The van der Waals surface area contributed by atoms with E-state index in [4.69, 9.17) is 24.3 Å². The van der Waals surface area contributed by atoms with E-state index in [9.17, 15) is 0 Å². The second kappa shape index (κ2) is 8.38. The van der Waals surface area contributed by atoms with Crippen LogP contribution >= 0.6 is 0 Å². The lowest BCUT2D eigenvalue weighted by atomic mass is 9.97. The zero-order chi connectivity index (χ0) is 20.6. The summed E-state index contributed by atoms with van der Waals surface area (Å²) < 4.78 is 19.0. The minimum absolute atomic E-state index is 0.139. The number of ether oxygens (including phenoxy) is 3. The highest BCUT2D eigenvalue weighted by Crippen LogP contribution is 2.31. The summed E-state index contributed by atoms with van der Waals surface area (Å²) >= 11 is 0. The molecule has 6 heterocycles. The zero-order valence-electron chi connectivity index (χ0n) is 17.8. The summed E-state index contributed by atoms with van der Waals surface area (Å²) in [6.45, 7) is 5.68. The first-order valence-electron chi connectivity index (χ1n) is 11.5. The Bertz CT molecular complexity index is 891. The number of hydrazine groups is 1. The molecule has 0 saturated carbocycles. The molecular weight excluding hydrogens is 396 g/mol. The lowest BCUT2D eigenvalue weighted by Crippen LogP contribution is -2.49. The molecule has 6 rings (SSSR count). The highest BCUT2D eigenvalue weighted by molar-refractivity contribution is 5.96. The number of fused-ring (bicyclic) bond motifs is 1. The van der Waals surface area contributed by atoms with E-state index < -0.39 is 0 Å². The van der Waals surface area contributed by atoms with E-state index in [0.717, 1.165) is 95.0 Å². The van der Waals surface area contributed by atoms with Gasteiger partial charge in [0, 0.05) is 51.1 Å². The Hall–Kier alpha value is -2.20. The fourth-order valence-electron chi connectivity index (χ4n) is 4.98. The molecule has 9 nitrogen and oxygen atoms in total. The molecule has 2 atom stereocenters. The van der Waals surface area contributed by atoms with Crippen molar-refractivity contribution >= 4 is 5.84 Å². The topological polar surface area (TPSA) is 76.4 Å². The van der Waals surface area contributed by atoms with E-state index in [-0.39, 0.29) is 12.1 Å². The van der Waals surface area contributed by atoms with Gasteiger partial charge in [0.1, 0.15) is 11.6 Å². The highest BCUT2D eigenvalue weighted by atomic mass is 16.5. The Kier molecular flexibility index (Phi) is 5.27. The van der Waals surface area contributed by atoms with Crippen molar-refractivity contribution in [3.63, 3.8) is 0 Å². The number of aromatic nitrogens is 2. The molecule has 5 aliphatic rings. The Morgan fingerprint density at radius 1 is 1.00 bits per heavy atom. The van der Waals surface area contributed by atoms with Crippen molar-refractivity contribution < 1.29 is 14.2 Å². The van der Waals surface area contributed by atoms with Gasteiger partial charge in [-0.25, -0.2) is 20.1 Å². The third kappa shape index (κ3) is 3.80. The first-order valence-corrected chi connectivity index (χ1v) is 11.5. The number of aliphatic imine (C=N–C) groups is 1. The molecule has 0 aliphatic carbocycles. The standard InChI is InChI=1S/C22H30N6O3/c1-2-19(31-9-1)18-14-21-23-20(15-22(28(21)25-18)26-7-12-30-13-8-26)27-6-3-17(24-27)16-4-10-29-11-5-16/h3,6,14-16,18-19,25H,1-2,4-5,7-13H2. The molecule has 0 spiro atoms. The summed E-state index contributed by atoms with van der Waals surface area (Å²) in [6.07, 6.45) is 10.8. The molecule has 1 N–H and O–H groups in total. The summed E-state index contributed by atoms with van der Waals surface area (Å²) in [5.41, 5.74) is 4.76. The van der Waals surface area contributed by atoms with Crippen LogP contribution in [-0.2, 0) is 14.2 Å². The van der Waals surface area contributed by atoms with Crippen LogP contribution in [0.1, 0.15) is 37.3 Å². The Morgan fingerprint density at radius 3 is 2.65 bits per heavy atom. The van der Waals surface area contributed by atoms with Crippen molar-refractivity contribution in [2.45, 2.75) is 43.7 Å². The fraction of sp³-hybridized carbons (Fsp3) is 0.636. The van der Waals surface area contributed by atoms with Crippen molar-refractivity contribution in [2.75, 3.05) is 46.1 Å². The molecule has 2 unspecified atom stereocenters. The first-order chi connectivity index (χ1) is 15.3. The van der Waals surface area contributed by atoms with E-state index in [0.29, 0.717) is 5.92 Å². The van der Waals surface area contributed by atoms with Gasteiger partial charge in [-0.1, -0.05) is 0 Å². The summed E-state index contributed by atoms with van der Waals surface area (Å²) in [4.78, 5) is 7.33. The van der Waals surface area contributed by atoms with Gasteiger partial charge in [-0.15, -0.1) is 0 Å². The number of morpholine rings is 1. The van der Waals surface area contributed by atoms with Crippen LogP contribution in [0.2, 0.25) is 0 Å². The van der Waals surface area contributed by atoms with Crippen LogP contribution in [0.5, 0.6) is 0 Å². The number of rotatable bonds is 3. The lowest BCUT2D eigenvalue weighted by molar-refractivity contribution is 0.0306. The van der Waals surface area contributed by atoms with Gasteiger partial charge in [0.25, 0.3) is 0 Å². The number of nitrogens with zero attached hydrogens (tertiary/aromatic N) is 5. The van der Waals surface area contributed by atoms with E-state index in [1.807, 2.05) is 10.9 Å². The monoisotopic (exact) mass is 426 g/mol. The maximum absolute atomic E-state index is 5.94. The molecule has 1 aromatic rings. The van der Waals surface area contributed by atoms with Gasteiger partial charge >= 0.3 is 0 Å². The minimum atomic E-state index is 0.139. The van der Waals surface area contributed by atoms with Gasteiger partial charge in [0.15, 0.2) is 5.84 Å². The predicted octanol–water partition coefficient (Wildman–Crippen LogP) is 1.42. The van der Waals surface area contributed by atoms with Crippen LogP contribution in [0, 0.1) is 0 Å². The molecule has 3 saturated heterocycles. The van der Waals surface area contributed by atoms with Crippen LogP contribution in [0.3, 0.4) is 0 Å². The first kappa shape index (κ1) is 19.5. The van der Waals surface area contributed by atoms with Gasteiger partial charge in [-0.3, -0.25) is 0 Å². The third-order valence-electron chi connectivity index (χ3n) is 6.74. The predicted molar refractivity (Wildman–Crippen MR) is 114 cm³/mol. The van der Waals surface area contributed by atoms with Crippen molar-refractivity contribution in [3.05, 3.63) is 41.8 Å². The van der Waals surface area contributed by atoms with Crippen molar-refractivity contribution in [1.29, 1.82) is 0 Å². The molecule has 0 aromatic carbocycles. The Balaban J connectivity index is 1.31. The maximum Gasteiger partial charge on any atom is 0.159 e. The van der Waals surface area contributed by atoms with Crippen LogP contribution in [0.4, 0.5) is 0 Å². The van der Waals surface area contributed by atoms with Crippen LogP contribution in [0.15, 0.2) is 41.0 Å². The zero-order valence-corrected chi connectivity index (χ0v) is 17.8. The molecule has 0 bridgehead atoms. The smallest absolute Gasteiger partial charge is 0.159 e. The third-order valence-corrected chi connectivity index (χ3v) is 6.74. The van der Waals surface area contributed by atoms with Gasteiger partial charge in [0.2, 0.25) is 0 Å². The van der Waals surface area contributed by atoms with Crippen LogP contribution < -0.4 is 5.43 Å². The second-order valence-electron chi connectivity index (χ2n) is 8.71. The largest absolute Gasteiger partial charge is 0.381 e. The van der Waals surface area contributed by atoms with Gasteiger partial charge in [-0.2, -0.15) is 5.10 Å².